The maximum atomic E-state index is 5.42. The summed E-state index contributed by atoms with van der Waals surface area (Å²) in [7, 11) is 3.36. The fraction of sp³-hybridized carbons (Fsp3) is 0.538. The molecule has 0 heterocycles. The lowest BCUT2D eigenvalue weighted by Crippen LogP contribution is -2.00. The zero-order chi connectivity index (χ0) is 21.7. The van der Waals surface area contributed by atoms with Crippen LogP contribution < -0.4 is 9.47 Å². The van der Waals surface area contributed by atoms with E-state index in [0.717, 1.165) is 17.9 Å². The molecule has 0 saturated heterocycles. The summed E-state index contributed by atoms with van der Waals surface area (Å²) >= 11 is 0. The molecule has 0 aliphatic rings. The Kier molecular flexibility index (Phi) is 13.1. The molecule has 2 nitrogen and oxygen atoms in total. The molecule has 0 aromatic heterocycles. The van der Waals surface area contributed by atoms with Crippen LogP contribution in [0.25, 0.3) is 0 Å². The Hall–Kier alpha value is -1.96. The van der Waals surface area contributed by atoms with E-state index < -0.39 is 0 Å². The molecule has 1 rings (SSSR count). The Labute approximate surface area is 174 Å². The summed E-state index contributed by atoms with van der Waals surface area (Å²) < 4.78 is 10.8. The van der Waals surface area contributed by atoms with Crippen molar-refractivity contribution in [2.75, 3.05) is 14.2 Å². The van der Waals surface area contributed by atoms with E-state index >= 15 is 0 Å². The number of hydrogen-bond donors (Lipinski definition) is 0. The third-order valence-corrected chi connectivity index (χ3v) is 5.06. The molecule has 158 valence electrons. The highest BCUT2D eigenvalue weighted by molar-refractivity contribution is 5.54. The number of rotatable bonds is 8. The van der Waals surface area contributed by atoms with Crippen LogP contribution in [0.1, 0.15) is 77.5 Å². The fourth-order valence-electron chi connectivity index (χ4n) is 2.83. The van der Waals surface area contributed by atoms with Gasteiger partial charge in [-0.15, -0.1) is 0 Å². The summed E-state index contributed by atoms with van der Waals surface area (Å²) in [6.07, 6.45) is 11.3. The second-order valence-electron chi connectivity index (χ2n) is 7.60. The lowest BCUT2D eigenvalue weighted by molar-refractivity contribution is 0.352. The van der Waals surface area contributed by atoms with Gasteiger partial charge in [-0.1, -0.05) is 41.9 Å². The van der Waals surface area contributed by atoms with Gasteiger partial charge in [0, 0.05) is 0 Å². The molecule has 0 radical (unpaired) electrons. The van der Waals surface area contributed by atoms with Crippen LogP contribution >= 0.6 is 0 Å². The predicted octanol–water partition coefficient (Wildman–Crippen LogP) is 7.92. The monoisotopic (exact) mass is 386 g/mol. The van der Waals surface area contributed by atoms with Crippen LogP contribution in [-0.4, -0.2) is 14.2 Å². The van der Waals surface area contributed by atoms with Gasteiger partial charge in [0.15, 0.2) is 11.5 Å². The lowest BCUT2D eigenvalue weighted by Gasteiger charge is -2.16. The molecule has 28 heavy (non-hydrogen) atoms. The van der Waals surface area contributed by atoms with E-state index in [1.165, 1.54) is 52.7 Å². The van der Waals surface area contributed by atoms with Crippen molar-refractivity contribution in [3.05, 3.63) is 57.7 Å². The van der Waals surface area contributed by atoms with Crippen molar-refractivity contribution in [2.45, 2.75) is 81.1 Å². The first kappa shape index (κ1) is 26.0. The van der Waals surface area contributed by atoms with Gasteiger partial charge in [0.1, 0.15) is 0 Å². The molecule has 0 atom stereocenters. The average Bonchev–Trinajstić information content (AvgIpc) is 2.67. The van der Waals surface area contributed by atoms with Crippen molar-refractivity contribution in [2.24, 2.45) is 0 Å². The van der Waals surface area contributed by atoms with Crippen LogP contribution in [0.15, 0.2) is 41.0 Å². The maximum Gasteiger partial charge on any atom is 0.163 e. The SMILES string of the molecule is C/C=C(\C)CC/C=C(\C)CC.COc1cc(C)c(CC=C(C)C)c(C)c1OC. The Balaban J connectivity index is 0.000000576. The smallest absolute Gasteiger partial charge is 0.163 e. The molecule has 0 saturated carbocycles. The van der Waals surface area contributed by atoms with Gasteiger partial charge in [-0.05, 0) is 96.9 Å². The van der Waals surface area contributed by atoms with Crippen molar-refractivity contribution in [3.8, 4) is 11.5 Å². The topological polar surface area (TPSA) is 18.5 Å². The summed E-state index contributed by atoms with van der Waals surface area (Å²) in [5.41, 5.74) is 8.07. The van der Waals surface area contributed by atoms with E-state index in [9.17, 15) is 0 Å². The molecule has 1 aromatic carbocycles. The van der Waals surface area contributed by atoms with Crippen LogP contribution in [0.4, 0.5) is 0 Å². The Morgan fingerprint density at radius 2 is 1.61 bits per heavy atom. The van der Waals surface area contributed by atoms with E-state index in [1.54, 1.807) is 14.2 Å². The number of hydrogen-bond acceptors (Lipinski definition) is 2. The lowest BCUT2D eigenvalue weighted by atomic mass is 9.97. The van der Waals surface area contributed by atoms with Gasteiger partial charge in [0.25, 0.3) is 0 Å². The average molecular weight is 387 g/mol. The highest BCUT2D eigenvalue weighted by atomic mass is 16.5. The predicted molar refractivity (Wildman–Crippen MR) is 125 cm³/mol. The van der Waals surface area contributed by atoms with Gasteiger partial charge >= 0.3 is 0 Å². The minimum atomic E-state index is 0.809. The molecule has 0 unspecified atom stereocenters. The Morgan fingerprint density at radius 1 is 0.964 bits per heavy atom. The van der Waals surface area contributed by atoms with Gasteiger partial charge in [-0.2, -0.15) is 0 Å². The first-order chi connectivity index (χ1) is 13.2. The number of benzene rings is 1. The van der Waals surface area contributed by atoms with Gasteiger partial charge < -0.3 is 9.47 Å². The quantitative estimate of drug-likeness (QED) is 0.422. The van der Waals surface area contributed by atoms with Crippen molar-refractivity contribution in [1.82, 2.24) is 0 Å². The largest absolute Gasteiger partial charge is 0.493 e. The zero-order valence-corrected chi connectivity index (χ0v) is 20.0. The molecule has 0 bridgehead atoms. The summed E-state index contributed by atoms with van der Waals surface area (Å²) in [4.78, 5) is 0. The fourth-order valence-corrected chi connectivity index (χ4v) is 2.83. The van der Waals surface area contributed by atoms with Crippen LogP contribution in [0, 0.1) is 13.8 Å². The first-order valence-corrected chi connectivity index (χ1v) is 10.3. The molecule has 0 fully saturated rings. The summed E-state index contributed by atoms with van der Waals surface area (Å²) in [6.45, 7) is 17.1. The van der Waals surface area contributed by atoms with E-state index in [4.69, 9.17) is 9.47 Å². The van der Waals surface area contributed by atoms with Crippen molar-refractivity contribution < 1.29 is 9.47 Å². The van der Waals surface area contributed by atoms with Gasteiger partial charge in [0.2, 0.25) is 0 Å². The first-order valence-electron chi connectivity index (χ1n) is 10.3. The van der Waals surface area contributed by atoms with Gasteiger partial charge in [-0.25, -0.2) is 0 Å². The third kappa shape index (κ3) is 9.30. The Morgan fingerprint density at radius 3 is 2.07 bits per heavy atom. The van der Waals surface area contributed by atoms with E-state index in [0.29, 0.717) is 0 Å². The number of aryl methyl sites for hydroxylation is 1. The molecule has 0 aliphatic heterocycles. The maximum absolute atomic E-state index is 5.42. The third-order valence-electron chi connectivity index (χ3n) is 5.06. The standard InChI is InChI=1S/C15H22O2.C11H20/c1-10(2)7-8-13-11(3)9-14(16-5)15(17-6)12(13)4;1-5-10(3)8-7-9-11(4)6-2/h7,9H,8H2,1-6H3;5,9H,6-8H2,1-4H3/b;10-5+,11-9+. The van der Waals surface area contributed by atoms with Gasteiger partial charge in [-0.3, -0.25) is 0 Å². The van der Waals surface area contributed by atoms with Crippen molar-refractivity contribution >= 4 is 0 Å². The number of ether oxygens (including phenoxy) is 2. The number of allylic oxidation sites excluding steroid dienone is 6. The highest BCUT2D eigenvalue weighted by Crippen LogP contribution is 2.35. The molecule has 0 amide bonds. The summed E-state index contributed by atoms with van der Waals surface area (Å²) in [5, 5.41) is 0. The van der Waals surface area contributed by atoms with E-state index in [-0.39, 0.29) is 0 Å². The zero-order valence-electron chi connectivity index (χ0n) is 20.0. The minimum Gasteiger partial charge on any atom is -0.493 e. The molecular formula is C26H42O2. The summed E-state index contributed by atoms with van der Waals surface area (Å²) in [6, 6.07) is 2.04. The van der Waals surface area contributed by atoms with Gasteiger partial charge in [0.05, 0.1) is 14.2 Å². The molecule has 0 N–H and O–H groups in total. The molecule has 0 aliphatic carbocycles. The Bertz CT molecular complexity index is 687. The van der Waals surface area contributed by atoms with Crippen LogP contribution in [0.2, 0.25) is 0 Å². The van der Waals surface area contributed by atoms with Crippen LogP contribution in [0.5, 0.6) is 11.5 Å². The molecular weight excluding hydrogens is 344 g/mol. The number of methoxy groups -OCH3 is 2. The van der Waals surface area contributed by atoms with Crippen molar-refractivity contribution in [1.29, 1.82) is 0 Å². The van der Waals surface area contributed by atoms with Crippen LogP contribution in [-0.2, 0) is 6.42 Å². The van der Waals surface area contributed by atoms with E-state index in [1.807, 2.05) is 6.07 Å². The van der Waals surface area contributed by atoms with Crippen molar-refractivity contribution in [3.63, 3.8) is 0 Å². The second kappa shape index (κ2) is 14.1. The minimum absolute atomic E-state index is 0.809. The molecule has 2 heteroatoms. The highest BCUT2D eigenvalue weighted by Gasteiger charge is 2.13. The van der Waals surface area contributed by atoms with E-state index in [2.05, 4.69) is 73.6 Å². The molecule has 1 aromatic rings. The second-order valence-corrected chi connectivity index (χ2v) is 7.60. The van der Waals surface area contributed by atoms with Crippen LogP contribution in [0.3, 0.4) is 0 Å². The normalized spacial score (nSPS) is 11.5. The summed E-state index contributed by atoms with van der Waals surface area (Å²) in [5.74, 6) is 1.65. The molecule has 0 spiro atoms.